The minimum absolute atomic E-state index is 0.200. The van der Waals surface area contributed by atoms with Crippen molar-refractivity contribution in [2.45, 2.75) is 19.3 Å². The lowest BCUT2D eigenvalue weighted by Gasteiger charge is -2.31. The molecule has 5 nitrogen and oxygen atoms in total. The first-order chi connectivity index (χ1) is 12.2. The third-order valence-electron chi connectivity index (χ3n) is 5.39. The van der Waals surface area contributed by atoms with Gasteiger partial charge in [-0.1, -0.05) is 0 Å². The number of likely N-dealkylation sites (N-methyl/N-ethyl adjacent to an activating group) is 1. The van der Waals surface area contributed by atoms with E-state index in [1.165, 1.54) is 12.8 Å². The summed E-state index contributed by atoms with van der Waals surface area (Å²) in [4.78, 5) is 17.0. The van der Waals surface area contributed by atoms with Gasteiger partial charge in [0.25, 0.3) is 0 Å². The maximum Gasteiger partial charge on any atom is 0.176 e. The Hall–Kier alpha value is -1.43. The number of benzene rings is 1. The number of hydrogen-bond donors (Lipinski definition) is 1. The van der Waals surface area contributed by atoms with Crippen molar-refractivity contribution >= 4 is 5.78 Å². The number of carbonyl (C=O) groups is 1. The van der Waals surface area contributed by atoms with Crippen molar-refractivity contribution in [1.29, 1.82) is 0 Å². The Morgan fingerprint density at radius 3 is 2.48 bits per heavy atom. The highest BCUT2D eigenvalue weighted by atomic mass is 16.5. The molecule has 0 aromatic heterocycles. The third-order valence-corrected chi connectivity index (χ3v) is 5.39. The molecule has 1 aromatic carbocycles. The van der Waals surface area contributed by atoms with Crippen LogP contribution in [0.1, 0.15) is 29.6 Å². The van der Waals surface area contributed by atoms with Crippen LogP contribution in [0, 0.1) is 5.92 Å². The van der Waals surface area contributed by atoms with Gasteiger partial charge >= 0.3 is 0 Å². The van der Waals surface area contributed by atoms with E-state index < -0.39 is 0 Å². The standard InChI is InChI=1S/C20H31N3O2/c1-22-11-13-23(14-12-22)16-20(24)18-2-4-19(5-3-18)25-15-8-17-6-9-21-10-7-17/h2-5,17,21H,6-16H2,1H3. The second-order valence-corrected chi connectivity index (χ2v) is 7.36. The number of piperazine rings is 1. The zero-order valence-corrected chi connectivity index (χ0v) is 15.4. The molecule has 2 saturated heterocycles. The van der Waals surface area contributed by atoms with Crippen molar-refractivity contribution in [3.8, 4) is 5.75 Å². The molecule has 0 radical (unpaired) electrons. The molecular formula is C20H31N3O2. The smallest absolute Gasteiger partial charge is 0.176 e. The average Bonchev–Trinajstić information content (AvgIpc) is 2.65. The second-order valence-electron chi connectivity index (χ2n) is 7.36. The molecule has 0 spiro atoms. The van der Waals surface area contributed by atoms with Crippen LogP contribution in [0.4, 0.5) is 0 Å². The van der Waals surface area contributed by atoms with E-state index in [-0.39, 0.29) is 5.78 Å². The Morgan fingerprint density at radius 2 is 1.80 bits per heavy atom. The van der Waals surface area contributed by atoms with Crippen molar-refractivity contribution < 1.29 is 9.53 Å². The minimum Gasteiger partial charge on any atom is -0.494 e. The third kappa shape index (κ3) is 5.80. The van der Waals surface area contributed by atoms with Gasteiger partial charge in [-0.25, -0.2) is 0 Å². The molecule has 1 N–H and O–H groups in total. The minimum atomic E-state index is 0.200. The molecule has 1 aromatic rings. The van der Waals surface area contributed by atoms with E-state index in [1.807, 2.05) is 24.3 Å². The summed E-state index contributed by atoms with van der Waals surface area (Å²) in [5, 5.41) is 3.39. The fourth-order valence-electron chi connectivity index (χ4n) is 3.55. The lowest BCUT2D eigenvalue weighted by Crippen LogP contribution is -2.46. The number of nitrogens with one attached hydrogen (secondary N) is 1. The van der Waals surface area contributed by atoms with Gasteiger partial charge in [0, 0.05) is 31.7 Å². The lowest BCUT2D eigenvalue weighted by atomic mass is 9.95. The summed E-state index contributed by atoms with van der Waals surface area (Å²) >= 11 is 0. The normalized spacial score (nSPS) is 20.5. The molecule has 25 heavy (non-hydrogen) atoms. The highest BCUT2D eigenvalue weighted by molar-refractivity contribution is 5.97. The Labute approximate surface area is 151 Å². The van der Waals surface area contributed by atoms with Crippen LogP contribution in [0.3, 0.4) is 0 Å². The summed E-state index contributed by atoms with van der Waals surface area (Å²) in [6.45, 7) is 7.57. The summed E-state index contributed by atoms with van der Waals surface area (Å²) in [5.41, 5.74) is 0.782. The molecule has 0 amide bonds. The monoisotopic (exact) mass is 345 g/mol. The summed E-state index contributed by atoms with van der Waals surface area (Å²) < 4.78 is 5.86. The first-order valence-electron chi connectivity index (χ1n) is 9.58. The number of ether oxygens (including phenoxy) is 1. The van der Waals surface area contributed by atoms with Crippen LogP contribution in [0.5, 0.6) is 5.75 Å². The van der Waals surface area contributed by atoms with Gasteiger partial charge in [-0.2, -0.15) is 0 Å². The molecular weight excluding hydrogens is 314 g/mol. The number of carbonyl (C=O) groups excluding carboxylic acids is 1. The fraction of sp³-hybridized carbons (Fsp3) is 0.650. The first kappa shape index (κ1) is 18.4. The lowest BCUT2D eigenvalue weighted by molar-refractivity contribution is 0.0876. The van der Waals surface area contributed by atoms with E-state index in [9.17, 15) is 4.79 Å². The van der Waals surface area contributed by atoms with Crippen molar-refractivity contribution in [1.82, 2.24) is 15.1 Å². The highest BCUT2D eigenvalue weighted by Gasteiger charge is 2.17. The molecule has 0 atom stereocenters. The maximum absolute atomic E-state index is 12.4. The molecule has 0 aliphatic carbocycles. The molecule has 2 aliphatic heterocycles. The van der Waals surface area contributed by atoms with Gasteiger partial charge in [0.15, 0.2) is 5.78 Å². The molecule has 2 aliphatic rings. The number of piperidine rings is 1. The predicted octanol–water partition coefficient (Wildman–Crippen LogP) is 1.89. The van der Waals surface area contributed by atoms with E-state index in [2.05, 4.69) is 22.2 Å². The molecule has 5 heteroatoms. The van der Waals surface area contributed by atoms with Crippen LogP contribution in [0.15, 0.2) is 24.3 Å². The summed E-state index contributed by atoms with van der Waals surface area (Å²) in [5.74, 6) is 1.85. The van der Waals surface area contributed by atoms with Gasteiger partial charge in [0.1, 0.15) is 5.75 Å². The van der Waals surface area contributed by atoms with Gasteiger partial charge in [-0.05, 0) is 69.6 Å². The van der Waals surface area contributed by atoms with E-state index in [0.717, 1.165) is 69.5 Å². The van der Waals surface area contributed by atoms with Gasteiger partial charge in [0.2, 0.25) is 0 Å². The summed E-state index contributed by atoms with van der Waals surface area (Å²) in [6.07, 6.45) is 3.62. The number of rotatable bonds is 7. The molecule has 0 saturated carbocycles. The highest BCUT2D eigenvalue weighted by Crippen LogP contribution is 2.18. The fourth-order valence-corrected chi connectivity index (χ4v) is 3.55. The van der Waals surface area contributed by atoms with E-state index in [0.29, 0.717) is 6.54 Å². The summed E-state index contributed by atoms with van der Waals surface area (Å²) in [7, 11) is 2.13. The van der Waals surface area contributed by atoms with Crippen molar-refractivity contribution in [3.05, 3.63) is 29.8 Å². The largest absolute Gasteiger partial charge is 0.494 e. The predicted molar refractivity (Wildman–Crippen MR) is 100 cm³/mol. The van der Waals surface area contributed by atoms with Crippen molar-refractivity contribution in [2.24, 2.45) is 5.92 Å². The Kier molecular flexibility index (Phi) is 6.84. The quantitative estimate of drug-likeness (QED) is 0.765. The number of ketones is 1. The Morgan fingerprint density at radius 1 is 1.12 bits per heavy atom. The number of nitrogens with zero attached hydrogens (tertiary/aromatic N) is 2. The molecule has 138 valence electrons. The first-order valence-corrected chi connectivity index (χ1v) is 9.58. The number of hydrogen-bond acceptors (Lipinski definition) is 5. The van der Waals surface area contributed by atoms with E-state index >= 15 is 0 Å². The second kappa shape index (κ2) is 9.32. The van der Waals surface area contributed by atoms with Crippen molar-refractivity contribution in [3.63, 3.8) is 0 Å². The van der Waals surface area contributed by atoms with Crippen molar-refractivity contribution in [2.75, 3.05) is 59.5 Å². The SMILES string of the molecule is CN1CCN(CC(=O)c2ccc(OCCC3CCNCC3)cc2)CC1. The molecule has 2 heterocycles. The van der Waals surface area contributed by atoms with Gasteiger partial charge < -0.3 is 15.0 Å². The molecule has 2 fully saturated rings. The van der Waals surface area contributed by atoms with Crippen LogP contribution >= 0.6 is 0 Å². The molecule has 0 bridgehead atoms. The average molecular weight is 345 g/mol. The van der Waals surface area contributed by atoms with Gasteiger partial charge in [-0.15, -0.1) is 0 Å². The zero-order chi connectivity index (χ0) is 17.5. The van der Waals surface area contributed by atoms with E-state index in [4.69, 9.17) is 4.74 Å². The summed E-state index contributed by atoms with van der Waals surface area (Å²) in [6, 6.07) is 7.66. The number of Topliss-reactive ketones (excluding diaryl/α,β-unsaturated/α-hetero) is 1. The Bertz CT molecular complexity index is 532. The van der Waals surface area contributed by atoms with Crippen LogP contribution in [0.2, 0.25) is 0 Å². The molecule has 0 unspecified atom stereocenters. The van der Waals surface area contributed by atoms with Crippen LogP contribution in [0.25, 0.3) is 0 Å². The van der Waals surface area contributed by atoms with Crippen LogP contribution in [-0.2, 0) is 0 Å². The Balaban J connectivity index is 1.40. The van der Waals surface area contributed by atoms with Gasteiger partial charge in [-0.3, -0.25) is 9.69 Å². The van der Waals surface area contributed by atoms with Crippen LogP contribution < -0.4 is 10.1 Å². The topological polar surface area (TPSA) is 44.8 Å². The van der Waals surface area contributed by atoms with Gasteiger partial charge in [0.05, 0.1) is 13.2 Å². The maximum atomic E-state index is 12.4. The zero-order valence-electron chi connectivity index (χ0n) is 15.4. The van der Waals surface area contributed by atoms with Crippen LogP contribution in [-0.4, -0.2) is 75.1 Å². The molecule has 3 rings (SSSR count). The van der Waals surface area contributed by atoms with E-state index in [1.54, 1.807) is 0 Å².